The molecule has 1 aliphatic rings. The van der Waals surface area contributed by atoms with E-state index in [9.17, 15) is 18.0 Å². The van der Waals surface area contributed by atoms with Crippen LogP contribution in [0.1, 0.15) is 33.3 Å². The minimum Gasteiger partial charge on any atom is -0.476 e. The highest BCUT2D eigenvalue weighted by Gasteiger charge is 2.39. The molecule has 1 fully saturated rings. The third-order valence-electron chi connectivity index (χ3n) is 4.98. The number of amides is 1. The van der Waals surface area contributed by atoms with E-state index in [1.54, 1.807) is 13.8 Å². The number of halogens is 3. The number of nitrogens with one attached hydrogen (secondary N) is 1. The summed E-state index contributed by atoms with van der Waals surface area (Å²) in [5.41, 5.74) is -1.94. The van der Waals surface area contributed by atoms with E-state index in [4.69, 9.17) is 4.74 Å². The number of hydrogen-bond acceptors (Lipinski definition) is 4. The number of carbonyl (C=O) groups is 1. The van der Waals surface area contributed by atoms with Gasteiger partial charge in [-0.1, -0.05) is 13.8 Å². The van der Waals surface area contributed by atoms with Crippen LogP contribution in [0.5, 0.6) is 5.88 Å². The Hall–Kier alpha value is -1.83. The van der Waals surface area contributed by atoms with Gasteiger partial charge in [0.15, 0.2) is 0 Å². The molecule has 2 atom stereocenters. The Labute approximate surface area is 158 Å². The second-order valence-electron chi connectivity index (χ2n) is 8.24. The molecule has 27 heavy (non-hydrogen) atoms. The summed E-state index contributed by atoms with van der Waals surface area (Å²) < 4.78 is 44.5. The molecule has 0 unspecified atom stereocenters. The Balaban J connectivity index is 2.03. The zero-order chi connectivity index (χ0) is 20.4. The lowest BCUT2D eigenvalue weighted by Crippen LogP contribution is -2.49. The van der Waals surface area contributed by atoms with Gasteiger partial charge in [-0.3, -0.25) is 4.79 Å². The van der Waals surface area contributed by atoms with Crippen LogP contribution in [-0.4, -0.2) is 48.6 Å². The molecule has 0 radical (unpaired) electrons. The number of pyridine rings is 1. The Bertz CT molecular complexity index is 662. The van der Waals surface area contributed by atoms with E-state index < -0.39 is 23.0 Å². The van der Waals surface area contributed by atoms with Gasteiger partial charge in [-0.15, -0.1) is 0 Å². The number of likely N-dealkylation sites (tertiary alicyclic amines) is 1. The van der Waals surface area contributed by atoms with Gasteiger partial charge in [0.25, 0.3) is 0 Å². The molecule has 8 heteroatoms. The number of aromatic nitrogens is 1. The zero-order valence-electron chi connectivity index (χ0n) is 16.4. The van der Waals surface area contributed by atoms with Crippen molar-refractivity contribution in [2.24, 2.45) is 17.3 Å². The fourth-order valence-electron chi connectivity index (χ4n) is 3.26. The summed E-state index contributed by atoms with van der Waals surface area (Å²) in [5.74, 6) is 0.00948. The average Bonchev–Trinajstić information content (AvgIpc) is 2.93. The lowest BCUT2D eigenvalue weighted by atomic mass is 9.88. The monoisotopic (exact) mass is 387 g/mol. The Morgan fingerprint density at radius 3 is 2.63 bits per heavy atom. The quantitative estimate of drug-likeness (QED) is 0.815. The fraction of sp³-hybridized carbons (Fsp3) is 0.684. The molecule has 1 aliphatic heterocycles. The van der Waals surface area contributed by atoms with Crippen molar-refractivity contribution in [2.45, 2.75) is 39.9 Å². The number of likely N-dealkylation sites (N-methyl/N-ethyl adjacent to an activating group) is 1. The van der Waals surface area contributed by atoms with Gasteiger partial charge in [-0.25, -0.2) is 4.98 Å². The smallest absolute Gasteiger partial charge is 0.421 e. The van der Waals surface area contributed by atoms with Crippen molar-refractivity contribution in [2.75, 3.05) is 26.7 Å². The highest BCUT2D eigenvalue weighted by Crippen LogP contribution is 2.35. The predicted octanol–water partition coefficient (Wildman–Crippen LogP) is 3.21. The van der Waals surface area contributed by atoms with E-state index in [0.717, 1.165) is 19.2 Å². The molecule has 1 aromatic rings. The van der Waals surface area contributed by atoms with Gasteiger partial charge in [0.1, 0.15) is 12.2 Å². The third kappa shape index (κ3) is 5.34. The van der Waals surface area contributed by atoms with E-state index >= 15 is 0 Å². The predicted molar refractivity (Wildman–Crippen MR) is 96.3 cm³/mol. The first-order valence-electron chi connectivity index (χ1n) is 9.06. The number of carbonyl (C=O) groups excluding carboxylic acids is 1. The lowest BCUT2D eigenvalue weighted by molar-refractivity contribution is -0.139. The summed E-state index contributed by atoms with van der Waals surface area (Å²) in [7, 11) is 2.01. The van der Waals surface area contributed by atoms with Gasteiger partial charge in [-0.2, -0.15) is 13.2 Å². The highest BCUT2D eigenvalue weighted by molar-refractivity contribution is 5.82. The van der Waals surface area contributed by atoms with E-state index in [1.165, 1.54) is 12.3 Å². The summed E-state index contributed by atoms with van der Waals surface area (Å²) in [6, 6.07) is 2.13. The molecule has 1 saturated heterocycles. The maximum absolute atomic E-state index is 13.0. The van der Waals surface area contributed by atoms with Crippen LogP contribution < -0.4 is 10.1 Å². The molecule has 1 N–H and O–H groups in total. The Kier molecular flexibility index (Phi) is 6.39. The van der Waals surface area contributed by atoms with E-state index in [-0.39, 0.29) is 18.6 Å². The van der Waals surface area contributed by atoms with Crippen LogP contribution in [0.25, 0.3) is 0 Å². The van der Waals surface area contributed by atoms with Crippen molar-refractivity contribution in [3.8, 4) is 5.88 Å². The zero-order valence-corrected chi connectivity index (χ0v) is 16.4. The van der Waals surface area contributed by atoms with Crippen molar-refractivity contribution in [3.05, 3.63) is 23.9 Å². The summed E-state index contributed by atoms with van der Waals surface area (Å²) >= 11 is 0. The van der Waals surface area contributed by atoms with Crippen LogP contribution in [-0.2, 0) is 11.0 Å². The lowest BCUT2D eigenvalue weighted by Gasteiger charge is -2.29. The molecule has 0 bridgehead atoms. The summed E-state index contributed by atoms with van der Waals surface area (Å²) in [6.45, 7) is 9.01. The maximum Gasteiger partial charge on any atom is 0.421 e. The molecule has 0 spiro atoms. The average molecular weight is 387 g/mol. The SMILES string of the molecule is CC(C)[C@@H]1CN(C)C[C@H]1NC(=O)C(C)(C)COc1ncccc1C(F)(F)F. The van der Waals surface area contributed by atoms with Crippen molar-refractivity contribution >= 4 is 5.91 Å². The second kappa shape index (κ2) is 8.04. The number of alkyl halides is 3. The molecule has 152 valence electrons. The van der Waals surface area contributed by atoms with Crippen molar-refractivity contribution in [1.29, 1.82) is 0 Å². The minimum atomic E-state index is -4.56. The fourth-order valence-corrected chi connectivity index (χ4v) is 3.26. The number of hydrogen-bond donors (Lipinski definition) is 1. The van der Waals surface area contributed by atoms with Crippen molar-refractivity contribution < 1.29 is 22.7 Å². The summed E-state index contributed by atoms with van der Waals surface area (Å²) in [5, 5.41) is 3.06. The van der Waals surface area contributed by atoms with Crippen molar-refractivity contribution in [1.82, 2.24) is 15.2 Å². The maximum atomic E-state index is 13.0. The second-order valence-corrected chi connectivity index (χ2v) is 8.24. The molecule has 1 aromatic heterocycles. The van der Waals surface area contributed by atoms with Crippen LogP contribution in [0, 0.1) is 17.3 Å². The van der Waals surface area contributed by atoms with Crippen LogP contribution in [0.2, 0.25) is 0 Å². The van der Waals surface area contributed by atoms with Crippen LogP contribution >= 0.6 is 0 Å². The Morgan fingerprint density at radius 2 is 2.04 bits per heavy atom. The minimum absolute atomic E-state index is 0.0161. The van der Waals surface area contributed by atoms with Crippen LogP contribution in [0.3, 0.4) is 0 Å². The van der Waals surface area contributed by atoms with Gasteiger partial charge in [0.2, 0.25) is 11.8 Å². The number of nitrogens with zero attached hydrogens (tertiary/aromatic N) is 2. The largest absolute Gasteiger partial charge is 0.476 e. The van der Waals surface area contributed by atoms with Crippen LogP contribution in [0.15, 0.2) is 18.3 Å². The van der Waals surface area contributed by atoms with Crippen LogP contribution in [0.4, 0.5) is 13.2 Å². The van der Waals surface area contributed by atoms with Gasteiger partial charge in [0, 0.05) is 25.3 Å². The van der Waals surface area contributed by atoms with E-state index in [0.29, 0.717) is 11.8 Å². The number of ether oxygens (including phenoxy) is 1. The molecule has 0 aliphatic carbocycles. The van der Waals surface area contributed by atoms with E-state index in [2.05, 4.69) is 29.0 Å². The standard InChI is InChI=1S/C19H28F3N3O2/c1-12(2)13-9-25(5)10-15(13)24-17(26)18(3,4)11-27-16-14(19(20,21)22)7-6-8-23-16/h6-8,12-13,15H,9-11H2,1-5H3,(H,24,26)/t13-,15+/m0/s1. The van der Waals surface area contributed by atoms with Gasteiger partial charge in [0.05, 0.1) is 5.41 Å². The van der Waals surface area contributed by atoms with Gasteiger partial charge >= 0.3 is 6.18 Å². The van der Waals surface area contributed by atoms with Gasteiger partial charge in [-0.05, 0) is 44.9 Å². The molecule has 0 aromatic carbocycles. The van der Waals surface area contributed by atoms with Gasteiger partial charge < -0.3 is 15.0 Å². The summed E-state index contributed by atoms with van der Waals surface area (Å²) in [6.07, 6.45) is -3.33. The highest BCUT2D eigenvalue weighted by atomic mass is 19.4. The normalized spacial score (nSPS) is 21.5. The molecule has 2 rings (SSSR count). The number of rotatable bonds is 6. The van der Waals surface area contributed by atoms with E-state index in [1.807, 2.05) is 7.05 Å². The molecule has 0 saturated carbocycles. The first kappa shape index (κ1) is 21.5. The Morgan fingerprint density at radius 1 is 1.37 bits per heavy atom. The van der Waals surface area contributed by atoms with Crippen molar-refractivity contribution in [3.63, 3.8) is 0 Å². The molecular formula is C19H28F3N3O2. The topological polar surface area (TPSA) is 54.5 Å². The molecule has 5 nitrogen and oxygen atoms in total. The third-order valence-corrected chi connectivity index (χ3v) is 4.98. The molecular weight excluding hydrogens is 359 g/mol. The molecule has 1 amide bonds. The molecule has 2 heterocycles. The summed E-state index contributed by atoms with van der Waals surface area (Å²) in [4.78, 5) is 18.6. The first-order chi connectivity index (χ1) is 12.4. The first-order valence-corrected chi connectivity index (χ1v) is 9.06.